The number of thiol groups is 1. The van der Waals surface area contributed by atoms with Gasteiger partial charge in [0.05, 0.1) is 0 Å². The molecule has 102 valence electrons. The number of rotatable bonds is 3. The van der Waals surface area contributed by atoms with Crippen molar-refractivity contribution in [3.63, 3.8) is 0 Å². The molecular weight excluding hydrogens is 252 g/mol. The van der Waals surface area contributed by atoms with Gasteiger partial charge in [0.2, 0.25) is 0 Å². The Morgan fingerprint density at radius 2 is 1.47 bits per heavy atom. The molecule has 0 aliphatic carbocycles. The molecule has 17 heavy (non-hydrogen) atoms. The number of benzene rings is 1. The molecule has 0 aromatic heterocycles. The predicted molar refractivity (Wildman–Crippen MR) is 83.4 cm³/mol. The van der Waals surface area contributed by atoms with Crippen molar-refractivity contribution in [1.29, 1.82) is 0 Å². The molecule has 2 nitrogen and oxygen atoms in total. The van der Waals surface area contributed by atoms with Crippen molar-refractivity contribution in [1.82, 2.24) is 0 Å². The molecule has 0 aliphatic heterocycles. The molecule has 0 saturated carbocycles. The van der Waals surface area contributed by atoms with Crippen molar-refractivity contribution in [3.05, 3.63) is 29.8 Å². The normalized spacial score (nSPS) is 7.88. The summed E-state index contributed by atoms with van der Waals surface area (Å²) < 4.78 is 8.55. The Kier molecular flexibility index (Phi) is 23.6. The van der Waals surface area contributed by atoms with Crippen LogP contribution in [0.2, 0.25) is 0 Å². The Labute approximate surface area is 116 Å². The van der Waals surface area contributed by atoms with E-state index in [2.05, 4.69) is 26.5 Å². The first kappa shape index (κ1) is 22.1. The second-order valence-electron chi connectivity index (χ2n) is 3.26. The molecule has 1 rings (SSSR count). The monoisotopic (exact) mass is 278 g/mol. The smallest absolute Gasteiger partial charge is 0.0350 e. The van der Waals surface area contributed by atoms with Crippen LogP contribution in [0, 0.1) is 6.92 Å². The second-order valence-corrected chi connectivity index (χ2v) is 3.91. The van der Waals surface area contributed by atoms with E-state index in [0.717, 1.165) is 16.9 Å². The molecule has 0 bridgehead atoms. The summed E-state index contributed by atoms with van der Waals surface area (Å²) in [4.78, 5) is 0.889. The minimum Gasteiger partial charge on any atom is -0.412 e. The molecular formula is C13H26O2S2. The van der Waals surface area contributed by atoms with Gasteiger partial charge in [-0.1, -0.05) is 50.8 Å². The fourth-order valence-electron chi connectivity index (χ4n) is 0.953. The quantitative estimate of drug-likeness (QED) is 0.633. The van der Waals surface area contributed by atoms with Crippen LogP contribution < -0.4 is 0 Å². The van der Waals surface area contributed by atoms with Gasteiger partial charge in [0.15, 0.2) is 0 Å². The minimum absolute atomic E-state index is 0. The van der Waals surface area contributed by atoms with Gasteiger partial charge in [-0.2, -0.15) is 12.6 Å². The largest absolute Gasteiger partial charge is 0.412 e. The predicted octanol–water partition coefficient (Wildman–Crippen LogP) is 4.48. The highest BCUT2D eigenvalue weighted by Crippen LogP contribution is 2.13. The first-order valence-electron chi connectivity index (χ1n) is 5.57. The summed E-state index contributed by atoms with van der Waals surface area (Å²) in [5.41, 5.74) is 1.22. The first-order chi connectivity index (χ1) is 7.74. The molecule has 0 spiro atoms. The van der Waals surface area contributed by atoms with Crippen LogP contribution in [0.1, 0.15) is 38.7 Å². The third-order valence-corrected chi connectivity index (χ3v) is 2.32. The van der Waals surface area contributed by atoms with Crippen molar-refractivity contribution in [2.24, 2.45) is 0 Å². The Bertz CT molecular complexity index is 223. The number of aryl methyl sites for hydroxylation is 1. The van der Waals surface area contributed by atoms with Gasteiger partial charge >= 0.3 is 0 Å². The Morgan fingerprint density at radius 3 is 1.71 bits per heavy atom. The average Bonchev–Trinajstić information content (AvgIpc) is 2.34. The van der Waals surface area contributed by atoms with E-state index in [4.69, 9.17) is 4.55 Å². The third-order valence-electron chi connectivity index (χ3n) is 1.83. The second kappa shape index (κ2) is 18.2. The van der Waals surface area contributed by atoms with Gasteiger partial charge in [-0.25, -0.2) is 0 Å². The Morgan fingerprint density at radius 1 is 1.06 bits per heavy atom. The van der Waals surface area contributed by atoms with E-state index in [-0.39, 0.29) is 5.48 Å². The lowest BCUT2D eigenvalue weighted by atomic mass is 10.2. The highest BCUT2D eigenvalue weighted by Gasteiger charge is 1.87. The summed E-state index contributed by atoms with van der Waals surface area (Å²) in [6.45, 7) is 6.44. The lowest BCUT2D eigenvalue weighted by molar-refractivity contribution is 0.664. The van der Waals surface area contributed by atoms with Crippen LogP contribution in [0.25, 0.3) is 0 Å². The SMILES string of the molecule is CCCCC.CS.Cc1ccc(SO)cc1.O. The molecule has 4 heteroatoms. The van der Waals surface area contributed by atoms with E-state index in [1.807, 2.05) is 31.2 Å². The van der Waals surface area contributed by atoms with Crippen LogP contribution in [0.15, 0.2) is 29.2 Å². The molecule has 0 fully saturated rings. The molecule has 0 heterocycles. The topological polar surface area (TPSA) is 51.7 Å². The molecule has 0 amide bonds. The summed E-state index contributed by atoms with van der Waals surface area (Å²) in [5, 5.41) is 0. The van der Waals surface area contributed by atoms with Gasteiger partial charge in [0.1, 0.15) is 0 Å². The van der Waals surface area contributed by atoms with E-state index >= 15 is 0 Å². The number of unbranched alkanes of at least 4 members (excludes halogenated alkanes) is 2. The molecule has 0 saturated heterocycles. The van der Waals surface area contributed by atoms with Crippen molar-refractivity contribution >= 4 is 24.7 Å². The standard InChI is InChI=1S/C7H8OS.C5H12.CH4S.H2O/c1-6-2-4-7(9-8)5-3-6;1-3-5-4-2;1-2;/h2-5,8H,1H3;3-5H2,1-2H3;2H,1H3;1H2. The van der Waals surface area contributed by atoms with E-state index in [0.29, 0.717) is 0 Å². The average molecular weight is 278 g/mol. The van der Waals surface area contributed by atoms with Gasteiger partial charge in [0.25, 0.3) is 0 Å². The van der Waals surface area contributed by atoms with Crippen molar-refractivity contribution in [2.45, 2.75) is 44.9 Å². The van der Waals surface area contributed by atoms with Gasteiger partial charge in [-0.15, -0.1) is 0 Å². The lowest BCUT2D eigenvalue weighted by Crippen LogP contribution is -1.70. The van der Waals surface area contributed by atoms with E-state index in [1.165, 1.54) is 24.8 Å². The molecule has 0 atom stereocenters. The molecule has 0 radical (unpaired) electrons. The first-order valence-corrected chi connectivity index (χ1v) is 7.24. The summed E-state index contributed by atoms with van der Waals surface area (Å²) in [5.74, 6) is 0. The zero-order valence-corrected chi connectivity index (χ0v) is 12.9. The maximum atomic E-state index is 8.55. The van der Waals surface area contributed by atoms with Gasteiger partial charge < -0.3 is 10.0 Å². The highest BCUT2D eigenvalue weighted by atomic mass is 32.2. The summed E-state index contributed by atoms with van der Waals surface area (Å²) >= 11 is 4.31. The molecule has 1 aromatic carbocycles. The van der Waals surface area contributed by atoms with Crippen molar-refractivity contribution in [3.8, 4) is 0 Å². The van der Waals surface area contributed by atoms with Gasteiger partial charge in [-0.3, -0.25) is 0 Å². The fourth-order valence-corrected chi connectivity index (χ4v) is 1.21. The third kappa shape index (κ3) is 15.8. The van der Waals surface area contributed by atoms with Crippen LogP contribution in [-0.2, 0) is 0 Å². The van der Waals surface area contributed by atoms with Crippen molar-refractivity contribution in [2.75, 3.05) is 6.26 Å². The van der Waals surface area contributed by atoms with Gasteiger partial charge in [0, 0.05) is 16.9 Å². The molecule has 1 aromatic rings. The molecule has 0 aliphatic rings. The number of hydrogen-bond donors (Lipinski definition) is 2. The van der Waals surface area contributed by atoms with Gasteiger partial charge in [-0.05, 0) is 25.3 Å². The Balaban J connectivity index is -0.000000213. The van der Waals surface area contributed by atoms with Crippen LogP contribution in [0.4, 0.5) is 0 Å². The maximum Gasteiger partial charge on any atom is 0.0350 e. The zero-order valence-electron chi connectivity index (χ0n) is 11.2. The van der Waals surface area contributed by atoms with Crippen LogP contribution >= 0.6 is 24.7 Å². The van der Waals surface area contributed by atoms with E-state index in [9.17, 15) is 0 Å². The van der Waals surface area contributed by atoms with Crippen LogP contribution in [-0.4, -0.2) is 16.3 Å². The lowest BCUT2D eigenvalue weighted by Gasteiger charge is -1.92. The van der Waals surface area contributed by atoms with Crippen LogP contribution in [0.3, 0.4) is 0 Å². The number of hydrogen-bond acceptors (Lipinski definition) is 3. The Hall–Kier alpha value is -0.160. The van der Waals surface area contributed by atoms with E-state index in [1.54, 1.807) is 6.26 Å². The van der Waals surface area contributed by atoms with Crippen LogP contribution in [0.5, 0.6) is 0 Å². The summed E-state index contributed by atoms with van der Waals surface area (Å²) in [6, 6.07) is 7.72. The molecule has 3 N–H and O–H groups in total. The summed E-state index contributed by atoms with van der Waals surface area (Å²) in [7, 11) is 0. The summed E-state index contributed by atoms with van der Waals surface area (Å²) in [6.07, 6.45) is 5.77. The highest BCUT2D eigenvalue weighted by molar-refractivity contribution is 7.93. The molecule has 0 unspecified atom stereocenters. The minimum atomic E-state index is 0. The van der Waals surface area contributed by atoms with E-state index < -0.39 is 0 Å². The zero-order chi connectivity index (χ0) is 12.8. The fraction of sp³-hybridized carbons (Fsp3) is 0.538. The maximum absolute atomic E-state index is 8.55. The van der Waals surface area contributed by atoms with Crippen molar-refractivity contribution < 1.29 is 10.0 Å².